The fourth-order valence-corrected chi connectivity index (χ4v) is 4.99. The summed E-state index contributed by atoms with van der Waals surface area (Å²) >= 11 is 0. The van der Waals surface area contributed by atoms with Crippen LogP contribution >= 0.6 is 0 Å². The normalized spacial score (nSPS) is 11.2. The van der Waals surface area contributed by atoms with Gasteiger partial charge in [-0.05, 0) is 25.0 Å². The molecular weight excluding hydrogens is 436 g/mol. The maximum absolute atomic E-state index is 13.4. The maximum Gasteiger partial charge on any atom is 0.318 e. The van der Waals surface area contributed by atoms with Crippen molar-refractivity contribution in [3.8, 4) is 0 Å². The molecule has 2 aromatic carbocycles. The van der Waals surface area contributed by atoms with Gasteiger partial charge < -0.3 is 14.8 Å². The summed E-state index contributed by atoms with van der Waals surface area (Å²) in [6.45, 7) is 8.89. The van der Waals surface area contributed by atoms with Gasteiger partial charge in [0.05, 0.1) is 30.7 Å². The monoisotopic (exact) mass is 466 g/mol. The first-order chi connectivity index (χ1) is 15.8. The lowest BCUT2D eigenvalue weighted by Crippen LogP contribution is -2.40. The van der Waals surface area contributed by atoms with E-state index >= 15 is 0 Å². The molecule has 0 saturated carbocycles. The lowest BCUT2D eigenvalue weighted by Gasteiger charge is -2.22. The van der Waals surface area contributed by atoms with Gasteiger partial charge in [0.2, 0.25) is 15.0 Å². The molecule has 1 heterocycles. The van der Waals surface area contributed by atoms with Crippen molar-refractivity contribution in [1.29, 1.82) is 0 Å². The summed E-state index contributed by atoms with van der Waals surface area (Å²) in [7, 11) is -3.72. The molecule has 0 spiro atoms. The minimum atomic E-state index is -3.72. The SMILES string of the molecule is C=CCN(Cc1cnc(S(=O)(=O)Cc2ccc(C)cc2)n1Cc1ccccc1)C(=O)NCC. The number of nitrogens with one attached hydrogen (secondary N) is 1. The number of imidazole rings is 1. The van der Waals surface area contributed by atoms with Crippen LogP contribution in [0.1, 0.15) is 29.3 Å². The highest BCUT2D eigenvalue weighted by molar-refractivity contribution is 7.90. The Labute approximate surface area is 195 Å². The Kier molecular flexibility index (Phi) is 8.06. The highest BCUT2D eigenvalue weighted by Gasteiger charge is 2.25. The number of urea groups is 1. The van der Waals surface area contributed by atoms with Crippen LogP contribution in [0.5, 0.6) is 0 Å². The molecule has 174 valence electrons. The Morgan fingerprint density at radius 2 is 1.82 bits per heavy atom. The highest BCUT2D eigenvalue weighted by atomic mass is 32.2. The van der Waals surface area contributed by atoms with E-state index < -0.39 is 9.84 Å². The zero-order chi connectivity index (χ0) is 23.8. The first-order valence-electron chi connectivity index (χ1n) is 10.8. The van der Waals surface area contributed by atoms with Crippen LogP contribution in [0.4, 0.5) is 4.79 Å². The van der Waals surface area contributed by atoms with Crippen LogP contribution in [0.2, 0.25) is 0 Å². The Bertz CT molecular complexity index is 1190. The van der Waals surface area contributed by atoms with Gasteiger partial charge in [0, 0.05) is 13.1 Å². The van der Waals surface area contributed by atoms with E-state index in [0.717, 1.165) is 11.1 Å². The lowest BCUT2D eigenvalue weighted by molar-refractivity contribution is 0.200. The van der Waals surface area contributed by atoms with E-state index in [1.54, 1.807) is 21.7 Å². The second kappa shape index (κ2) is 11.0. The predicted molar refractivity (Wildman–Crippen MR) is 130 cm³/mol. The van der Waals surface area contributed by atoms with Crippen LogP contribution in [-0.2, 0) is 28.7 Å². The smallest absolute Gasteiger partial charge is 0.318 e. The molecule has 3 aromatic rings. The molecule has 0 aliphatic heterocycles. The number of sulfone groups is 1. The van der Waals surface area contributed by atoms with Crippen molar-refractivity contribution in [3.05, 3.63) is 95.8 Å². The third-order valence-electron chi connectivity index (χ3n) is 5.16. The molecule has 0 unspecified atom stereocenters. The predicted octanol–water partition coefficient (Wildman–Crippen LogP) is 3.93. The van der Waals surface area contributed by atoms with E-state index in [1.807, 2.05) is 68.4 Å². The van der Waals surface area contributed by atoms with E-state index in [2.05, 4.69) is 16.9 Å². The summed E-state index contributed by atoms with van der Waals surface area (Å²) < 4.78 is 28.4. The molecule has 2 amide bonds. The van der Waals surface area contributed by atoms with Gasteiger partial charge in [-0.2, -0.15) is 0 Å². The van der Waals surface area contributed by atoms with Gasteiger partial charge in [-0.15, -0.1) is 6.58 Å². The van der Waals surface area contributed by atoms with E-state index in [1.165, 1.54) is 0 Å². The molecule has 1 N–H and O–H groups in total. The van der Waals surface area contributed by atoms with E-state index in [4.69, 9.17) is 0 Å². The molecule has 0 bridgehead atoms. The molecule has 8 heteroatoms. The number of rotatable bonds is 10. The number of aromatic nitrogens is 2. The molecule has 0 fully saturated rings. The average molecular weight is 467 g/mol. The number of hydrogen-bond donors (Lipinski definition) is 1. The van der Waals surface area contributed by atoms with Crippen molar-refractivity contribution in [2.45, 2.75) is 37.8 Å². The molecular formula is C25H30N4O3S. The Balaban J connectivity index is 1.99. The third kappa shape index (κ3) is 6.32. The number of carbonyl (C=O) groups excluding carboxylic acids is 1. The second-order valence-corrected chi connectivity index (χ2v) is 9.74. The summed E-state index contributed by atoms with van der Waals surface area (Å²) in [5.41, 5.74) is 3.34. The summed E-state index contributed by atoms with van der Waals surface area (Å²) in [5, 5.41) is 2.78. The van der Waals surface area contributed by atoms with Crippen LogP contribution in [0.25, 0.3) is 0 Å². The first-order valence-corrected chi connectivity index (χ1v) is 12.5. The van der Waals surface area contributed by atoms with Gasteiger partial charge >= 0.3 is 6.03 Å². The summed E-state index contributed by atoms with van der Waals surface area (Å²) in [6, 6.07) is 16.8. The van der Waals surface area contributed by atoms with Crippen LogP contribution < -0.4 is 5.32 Å². The Hall–Kier alpha value is -3.39. The Morgan fingerprint density at radius 1 is 1.12 bits per heavy atom. The van der Waals surface area contributed by atoms with E-state index in [0.29, 0.717) is 30.9 Å². The molecule has 3 rings (SSSR count). The fraction of sp³-hybridized carbons (Fsp3) is 0.280. The number of aryl methyl sites for hydroxylation is 1. The molecule has 0 radical (unpaired) electrons. The standard InChI is InChI=1S/C25H30N4O3S/c1-4-15-28(24(30)26-5-2)18-23-16-27-25(29(23)17-21-9-7-6-8-10-21)33(31,32)19-22-13-11-20(3)12-14-22/h4,6-14,16H,1,5,15,17-19H2,2-3H3,(H,26,30). The highest BCUT2D eigenvalue weighted by Crippen LogP contribution is 2.21. The van der Waals surface area contributed by atoms with Crippen molar-refractivity contribution in [2.24, 2.45) is 0 Å². The van der Waals surface area contributed by atoms with Crippen molar-refractivity contribution < 1.29 is 13.2 Å². The van der Waals surface area contributed by atoms with Gasteiger partial charge in [-0.25, -0.2) is 18.2 Å². The van der Waals surface area contributed by atoms with Gasteiger partial charge in [0.1, 0.15) is 0 Å². The minimum Gasteiger partial charge on any atom is -0.338 e. The van der Waals surface area contributed by atoms with Crippen molar-refractivity contribution in [3.63, 3.8) is 0 Å². The van der Waals surface area contributed by atoms with Crippen molar-refractivity contribution in [1.82, 2.24) is 19.8 Å². The lowest BCUT2D eigenvalue weighted by atomic mass is 10.2. The summed E-state index contributed by atoms with van der Waals surface area (Å²) in [5.74, 6) is -0.148. The van der Waals surface area contributed by atoms with Gasteiger partial charge in [-0.3, -0.25) is 0 Å². The quantitative estimate of drug-likeness (QED) is 0.459. The summed E-state index contributed by atoms with van der Waals surface area (Å²) in [6.07, 6.45) is 3.18. The molecule has 7 nitrogen and oxygen atoms in total. The minimum absolute atomic E-state index is 0.00335. The second-order valence-electron chi connectivity index (χ2n) is 7.85. The molecule has 0 aliphatic carbocycles. The number of benzene rings is 2. The number of hydrogen-bond acceptors (Lipinski definition) is 4. The molecule has 33 heavy (non-hydrogen) atoms. The van der Waals surface area contributed by atoms with Gasteiger partial charge in [0.15, 0.2) is 0 Å². The third-order valence-corrected chi connectivity index (χ3v) is 6.75. The molecule has 0 aliphatic rings. The van der Waals surface area contributed by atoms with Gasteiger partial charge in [-0.1, -0.05) is 66.2 Å². The zero-order valence-corrected chi connectivity index (χ0v) is 19.9. The van der Waals surface area contributed by atoms with Crippen LogP contribution in [0.15, 0.2) is 78.6 Å². The number of amides is 2. The number of carbonyl (C=O) groups is 1. The molecule has 0 atom stereocenters. The number of nitrogens with zero attached hydrogens (tertiary/aromatic N) is 3. The van der Waals surface area contributed by atoms with E-state index in [-0.39, 0.29) is 23.5 Å². The van der Waals surface area contributed by atoms with Crippen molar-refractivity contribution >= 4 is 15.9 Å². The van der Waals surface area contributed by atoms with Crippen LogP contribution in [-0.4, -0.2) is 42.0 Å². The molecule has 1 aromatic heterocycles. The van der Waals surface area contributed by atoms with E-state index in [9.17, 15) is 13.2 Å². The average Bonchev–Trinajstić information content (AvgIpc) is 3.19. The largest absolute Gasteiger partial charge is 0.338 e. The summed E-state index contributed by atoms with van der Waals surface area (Å²) in [4.78, 5) is 18.4. The Morgan fingerprint density at radius 3 is 2.45 bits per heavy atom. The zero-order valence-electron chi connectivity index (χ0n) is 19.1. The molecule has 0 saturated heterocycles. The van der Waals surface area contributed by atoms with Crippen LogP contribution in [0, 0.1) is 6.92 Å². The van der Waals surface area contributed by atoms with Crippen LogP contribution in [0.3, 0.4) is 0 Å². The van der Waals surface area contributed by atoms with Gasteiger partial charge in [0.25, 0.3) is 0 Å². The maximum atomic E-state index is 13.4. The first kappa shape index (κ1) is 24.3. The fourth-order valence-electron chi connectivity index (χ4n) is 3.50. The topological polar surface area (TPSA) is 84.3 Å². The van der Waals surface area contributed by atoms with Crippen molar-refractivity contribution in [2.75, 3.05) is 13.1 Å².